The van der Waals surface area contributed by atoms with Gasteiger partial charge in [0.05, 0.1) is 13.2 Å². The second-order valence-corrected chi connectivity index (χ2v) is 7.86. The summed E-state index contributed by atoms with van der Waals surface area (Å²) in [7, 11) is 0. The predicted octanol–water partition coefficient (Wildman–Crippen LogP) is 3.97. The quantitative estimate of drug-likeness (QED) is 0.635. The molecular formula is C19H19BrFN5O. The van der Waals surface area contributed by atoms with Gasteiger partial charge in [0.2, 0.25) is 0 Å². The molecule has 1 aliphatic rings. The van der Waals surface area contributed by atoms with Gasteiger partial charge in [-0.1, -0.05) is 32.0 Å². The number of hydrogen-bond donors (Lipinski definition) is 1. The predicted molar refractivity (Wildman–Crippen MR) is 104 cm³/mol. The van der Waals surface area contributed by atoms with Crippen molar-refractivity contribution < 1.29 is 9.13 Å². The molecule has 4 rings (SSSR count). The molecule has 0 spiro atoms. The van der Waals surface area contributed by atoms with Crippen LogP contribution in [-0.4, -0.2) is 33.1 Å². The van der Waals surface area contributed by atoms with Crippen LogP contribution in [0.15, 0.2) is 41.1 Å². The van der Waals surface area contributed by atoms with Gasteiger partial charge >= 0.3 is 0 Å². The zero-order valence-corrected chi connectivity index (χ0v) is 16.6. The first-order valence-corrected chi connectivity index (χ1v) is 9.40. The molecule has 0 saturated carbocycles. The first kappa shape index (κ1) is 18.1. The molecule has 2 aromatic heterocycles. The molecule has 0 radical (unpaired) electrons. The zero-order valence-electron chi connectivity index (χ0n) is 15.0. The maximum absolute atomic E-state index is 13.9. The Kier molecular flexibility index (Phi) is 4.69. The normalized spacial score (nSPS) is 15.7. The van der Waals surface area contributed by atoms with Gasteiger partial charge in [-0.15, -0.1) is 0 Å². The van der Waals surface area contributed by atoms with Gasteiger partial charge in [-0.25, -0.2) is 14.4 Å². The molecule has 3 aromatic rings. The molecule has 1 N–H and O–H groups in total. The van der Waals surface area contributed by atoms with Gasteiger partial charge in [0.1, 0.15) is 28.7 Å². The molecular weight excluding hydrogens is 413 g/mol. The maximum Gasteiger partial charge on any atom is 0.183 e. The molecule has 1 aromatic carbocycles. The Morgan fingerprint density at radius 1 is 1.26 bits per heavy atom. The summed E-state index contributed by atoms with van der Waals surface area (Å²) in [6, 6.07) is 8.51. The number of aromatic nitrogens is 4. The Bertz CT molecular complexity index is 988. The maximum atomic E-state index is 13.9. The van der Waals surface area contributed by atoms with Crippen LogP contribution < -0.4 is 5.32 Å². The van der Waals surface area contributed by atoms with Gasteiger partial charge in [0, 0.05) is 22.7 Å². The van der Waals surface area contributed by atoms with Crippen molar-refractivity contribution in [2.45, 2.75) is 25.8 Å². The second kappa shape index (κ2) is 7.01. The molecule has 27 heavy (non-hydrogen) atoms. The highest BCUT2D eigenvalue weighted by Gasteiger charge is 2.31. The summed E-state index contributed by atoms with van der Waals surface area (Å²) >= 11 is 3.58. The first-order valence-electron chi connectivity index (χ1n) is 8.61. The monoisotopic (exact) mass is 431 g/mol. The van der Waals surface area contributed by atoms with E-state index in [-0.39, 0.29) is 11.2 Å². The molecule has 0 amide bonds. The fourth-order valence-corrected chi connectivity index (χ4v) is 4.04. The molecule has 140 valence electrons. The highest BCUT2D eigenvalue weighted by molar-refractivity contribution is 9.10. The lowest BCUT2D eigenvalue weighted by Crippen LogP contribution is -2.24. The van der Waals surface area contributed by atoms with Crippen molar-refractivity contribution in [3.63, 3.8) is 0 Å². The number of benzene rings is 1. The highest BCUT2D eigenvalue weighted by atomic mass is 79.9. The molecule has 0 saturated heterocycles. The van der Waals surface area contributed by atoms with E-state index in [1.807, 2.05) is 12.1 Å². The molecule has 3 heterocycles. The molecule has 0 aliphatic carbocycles. The first-order chi connectivity index (χ1) is 12.9. The molecule has 6 nitrogen and oxygen atoms in total. The van der Waals surface area contributed by atoms with Gasteiger partial charge in [-0.3, -0.25) is 4.68 Å². The third kappa shape index (κ3) is 3.59. The van der Waals surface area contributed by atoms with Gasteiger partial charge in [-0.05, 0) is 28.1 Å². The fraction of sp³-hybridized carbons (Fsp3) is 0.316. The average Bonchev–Trinajstić information content (AvgIpc) is 3.02. The third-order valence-corrected chi connectivity index (χ3v) is 5.08. The Labute approximate surface area is 164 Å². The Balaban J connectivity index is 1.67. The summed E-state index contributed by atoms with van der Waals surface area (Å²) in [5.74, 6) is 0.987. The summed E-state index contributed by atoms with van der Waals surface area (Å²) < 4.78 is 21.9. The van der Waals surface area contributed by atoms with Gasteiger partial charge in [0.15, 0.2) is 5.82 Å². The van der Waals surface area contributed by atoms with Crippen molar-refractivity contribution in [1.82, 2.24) is 19.7 Å². The summed E-state index contributed by atoms with van der Waals surface area (Å²) in [4.78, 5) is 9.25. The van der Waals surface area contributed by atoms with Crippen LogP contribution in [0.25, 0.3) is 11.5 Å². The zero-order chi connectivity index (χ0) is 19.0. The van der Waals surface area contributed by atoms with Crippen LogP contribution in [0.4, 0.5) is 10.2 Å². The van der Waals surface area contributed by atoms with E-state index in [0.717, 1.165) is 11.4 Å². The molecule has 0 bridgehead atoms. The van der Waals surface area contributed by atoms with Crippen LogP contribution in [0.1, 0.15) is 25.0 Å². The van der Waals surface area contributed by atoms with E-state index in [2.05, 4.69) is 50.2 Å². The van der Waals surface area contributed by atoms with Crippen molar-refractivity contribution in [3.05, 3.63) is 58.1 Å². The number of rotatable bonds is 3. The number of hydrogen-bond acceptors (Lipinski definition) is 5. The van der Waals surface area contributed by atoms with Gasteiger partial charge in [0.25, 0.3) is 0 Å². The van der Waals surface area contributed by atoms with Crippen molar-refractivity contribution in [2.75, 3.05) is 18.7 Å². The topological polar surface area (TPSA) is 64.9 Å². The minimum Gasteiger partial charge on any atom is -0.360 e. The highest BCUT2D eigenvalue weighted by Crippen LogP contribution is 2.37. The summed E-state index contributed by atoms with van der Waals surface area (Å²) in [5, 5.41) is 7.71. The van der Waals surface area contributed by atoms with Gasteiger partial charge < -0.3 is 10.1 Å². The number of ether oxygens (including phenoxy) is 1. The summed E-state index contributed by atoms with van der Waals surface area (Å²) in [6.07, 6.45) is 1.80. The van der Waals surface area contributed by atoms with Crippen LogP contribution in [-0.2, 0) is 16.7 Å². The largest absolute Gasteiger partial charge is 0.360 e. The van der Waals surface area contributed by atoms with Crippen LogP contribution >= 0.6 is 15.9 Å². The van der Waals surface area contributed by atoms with E-state index in [9.17, 15) is 4.39 Å². The Hall–Kier alpha value is -2.32. The van der Waals surface area contributed by atoms with Crippen molar-refractivity contribution in [3.8, 4) is 11.5 Å². The van der Waals surface area contributed by atoms with E-state index >= 15 is 0 Å². The number of anilines is 1. The Morgan fingerprint density at radius 3 is 2.89 bits per heavy atom. The smallest absolute Gasteiger partial charge is 0.183 e. The van der Waals surface area contributed by atoms with Gasteiger partial charge in [-0.2, -0.15) is 5.10 Å². The van der Waals surface area contributed by atoms with E-state index < -0.39 is 0 Å². The minimum absolute atomic E-state index is 0.222. The Morgan fingerprint density at radius 2 is 2.07 bits per heavy atom. The van der Waals surface area contributed by atoms with Crippen LogP contribution in [0, 0.1) is 5.82 Å². The van der Waals surface area contributed by atoms with E-state index in [1.165, 1.54) is 6.07 Å². The lowest BCUT2D eigenvalue weighted by atomic mass is 9.87. The molecule has 0 fully saturated rings. The number of nitrogens with zero attached hydrogens (tertiary/aromatic N) is 4. The van der Waals surface area contributed by atoms with E-state index in [0.29, 0.717) is 41.6 Å². The van der Waals surface area contributed by atoms with Crippen molar-refractivity contribution in [2.24, 2.45) is 0 Å². The van der Waals surface area contributed by atoms with E-state index in [4.69, 9.17) is 4.74 Å². The van der Waals surface area contributed by atoms with E-state index in [1.54, 1.807) is 23.0 Å². The second-order valence-electron chi connectivity index (χ2n) is 7.11. The lowest BCUT2D eigenvalue weighted by molar-refractivity contribution is 0.115. The SMILES string of the molecule is CC1(C)COCNc2nc(-c3ccn(Cc4ccccc4F)n3)nc(Br)c21. The molecule has 8 heteroatoms. The molecule has 0 unspecified atom stereocenters. The third-order valence-electron chi connectivity index (χ3n) is 4.51. The number of fused-ring (bicyclic) bond motifs is 1. The lowest BCUT2D eigenvalue weighted by Gasteiger charge is -2.24. The number of nitrogens with one attached hydrogen (secondary N) is 1. The van der Waals surface area contributed by atoms with Crippen LogP contribution in [0.3, 0.4) is 0 Å². The standard InChI is InChI=1S/C19H19BrFN5O/c1-19(2)10-27-11-22-18-15(19)16(20)23-17(24-18)14-7-8-26(25-14)9-12-5-3-4-6-13(12)21/h3-8H,9-11H2,1-2H3,(H,22,23,24). The summed E-state index contributed by atoms with van der Waals surface area (Å²) in [5.41, 5.74) is 1.96. The fourth-order valence-electron chi connectivity index (χ4n) is 3.14. The van der Waals surface area contributed by atoms with Crippen LogP contribution in [0.5, 0.6) is 0 Å². The molecule has 1 aliphatic heterocycles. The average molecular weight is 432 g/mol. The van der Waals surface area contributed by atoms with Crippen molar-refractivity contribution in [1.29, 1.82) is 0 Å². The van der Waals surface area contributed by atoms with Crippen LogP contribution in [0.2, 0.25) is 0 Å². The number of halogens is 2. The minimum atomic E-state index is -0.245. The molecule has 0 atom stereocenters. The summed E-state index contributed by atoms with van der Waals surface area (Å²) in [6.45, 7) is 5.50. The van der Waals surface area contributed by atoms with Crippen molar-refractivity contribution >= 4 is 21.7 Å².